The Balaban J connectivity index is 0.000000168. The lowest BCUT2D eigenvalue weighted by Gasteiger charge is -2.34. The number of aryl methyl sites for hydroxylation is 2. The molecule has 7 nitrogen and oxygen atoms in total. The van der Waals surface area contributed by atoms with Crippen molar-refractivity contribution in [2.45, 2.75) is 91.2 Å². The van der Waals surface area contributed by atoms with Crippen LogP contribution in [0.2, 0.25) is 0 Å². The van der Waals surface area contributed by atoms with Gasteiger partial charge in [0.1, 0.15) is 35.9 Å². The highest BCUT2D eigenvalue weighted by Gasteiger charge is 2.34. The molecule has 3 atom stereocenters. The SMILES string of the molecule is CCC1CCCC(C)C1c1nc2c(F)cc(C#N)cc2s1.Cc1cccc(C)c1OCc1noc(C2CC2)c1CN=O. The second-order valence-corrected chi connectivity index (χ2v) is 12.7. The van der Waals surface area contributed by atoms with E-state index in [1.165, 1.54) is 25.3 Å². The Labute approximate surface area is 250 Å². The minimum atomic E-state index is -0.372. The highest BCUT2D eigenvalue weighted by Crippen LogP contribution is 2.46. The van der Waals surface area contributed by atoms with Crippen LogP contribution in [0.5, 0.6) is 5.75 Å². The fourth-order valence-electron chi connectivity index (χ4n) is 6.18. The van der Waals surface area contributed by atoms with Crippen molar-refractivity contribution < 1.29 is 13.7 Å². The fourth-order valence-corrected chi connectivity index (χ4v) is 7.53. The maximum absolute atomic E-state index is 14.1. The molecule has 2 aromatic heterocycles. The molecular weight excluding hydrogens is 551 g/mol. The highest BCUT2D eigenvalue weighted by atomic mass is 32.1. The Morgan fingerprint density at radius 1 is 1.19 bits per heavy atom. The zero-order valence-electron chi connectivity index (χ0n) is 24.7. The fraction of sp³-hybridized carbons (Fsp3) is 0.485. The van der Waals surface area contributed by atoms with Crippen molar-refractivity contribution in [1.29, 1.82) is 5.26 Å². The van der Waals surface area contributed by atoms with E-state index in [2.05, 4.69) is 29.2 Å². The number of nitrogens with zero attached hydrogens (tertiary/aromatic N) is 4. The lowest BCUT2D eigenvalue weighted by atomic mass is 9.72. The number of hydrogen-bond acceptors (Lipinski definition) is 8. The van der Waals surface area contributed by atoms with Gasteiger partial charge in [-0.25, -0.2) is 9.37 Å². The summed E-state index contributed by atoms with van der Waals surface area (Å²) >= 11 is 1.57. The Morgan fingerprint density at radius 2 is 1.95 bits per heavy atom. The predicted molar refractivity (Wildman–Crippen MR) is 162 cm³/mol. The normalized spacial score (nSPS) is 20.0. The first-order chi connectivity index (χ1) is 20.3. The Kier molecular flexibility index (Phi) is 9.32. The van der Waals surface area contributed by atoms with Crippen molar-refractivity contribution in [3.63, 3.8) is 0 Å². The number of aromatic nitrogens is 2. The molecule has 9 heteroatoms. The lowest BCUT2D eigenvalue weighted by molar-refractivity contribution is 0.227. The van der Waals surface area contributed by atoms with Crippen molar-refractivity contribution in [2.75, 3.05) is 0 Å². The van der Waals surface area contributed by atoms with Crippen LogP contribution in [0.25, 0.3) is 10.2 Å². The number of para-hydroxylation sites is 1. The second kappa shape index (κ2) is 13.1. The number of nitriles is 1. The van der Waals surface area contributed by atoms with Crippen LogP contribution in [0.1, 0.15) is 103 Å². The topological polar surface area (TPSA) is 101 Å². The maximum atomic E-state index is 14.1. The van der Waals surface area contributed by atoms with Gasteiger partial charge in [0, 0.05) is 17.4 Å². The zero-order valence-corrected chi connectivity index (χ0v) is 25.5. The third-order valence-electron chi connectivity index (χ3n) is 8.59. The molecule has 6 rings (SSSR count). The van der Waals surface area contributed by atoms with Gasteiger partial charge < -0.3 is 9.26 Å². The van der Waals surface area contributed by atoms with Crippen molar-refractivity contribution in [2.24, 2.45) is 17.0 Å². The first-order valence-corrected chi connectivity index (χ1v) is 15.6. The van der Waals surface area contributed by atoms with Crippen LogP contribution in [-0.2, 0) is 13.2 Å². The van der Waals surface area contributed by atoms with Gasteiger partial charge in [-0.1, -0.05) is 61.6 Å². The average molecular weight is 589 g/mol. The van der Waals surface area contributed by atoms with Crippen LogP contribution in [0, 0.1) is 47.7 Å². The molecule has 2 aliphatic rings. The third kappa shape index (κ3) is 6.39. The van der Waals surface area contributed by atoms with E-state index < -0.39 is 0 Å². The molecule has 2 saturated carbocycles. The van der Waals surface area contributed by atoms with E-state index in [0.717, 1.165) is 57.2 Å². The number of hydrogen-bond donors (Lipinski definition) is 0. The summed E-state index contributed by atoms with van der Waals surface area (Å²) in [7, 11) is 0. The largest absolute Gasteiger partial charge is 0.487 e. The van der Waals surface area contributed by atoms with Gasteiger partial charge in [0.05, 0.1) is 21.3 Å². The zero-order chi connectivity index (χ0) is 29.8. The summed E-state index contributed by atoms with van der Waals surface area (Å²) in [6.07, 6.45) is 7.09. The van der Waals surface area contributed by atoms with E-state index >= 15 is 0 Å². The first-order valence-electron chi connectivity index (χ1n) is 14.8. The molecule has 220 valence electrons. The van der Waals surface area contributed by atoms with E-state index in [9.17, 15) is 9.30 Å². The first kappa shape index (κ1) is 29.8. The van der Waals surface area contributed by atoms with Crippen molar-refractivity contribution in [1.82, 2.24) is 10.1 Å². The number of thiazole rings is 1. The molecule has 2 aromatic carbocycles. The minimum Gasteiger partial charge on any atom is -0.487 e. The van der Waals surface area contributed by atoms with Crippen LogP contribution in [0.4, 0.5) is 4.39 Å². The highest BCUT2D eigenvalue weighted by molar-refractivity contribution is 7.18. The number of fused-ring (bicyclic) bond motifs is 1. The molecule has 0 aliphatic heterocycles. The van der Waals surface area contributed by atoms with Gasteiger partial charge in [0.2, 0.25) is 0 Å². The standard InChI is InChI=1S/C17H19FN2S.C16H18N2O3/c1-3-12-6-4-5-10(2)15(12)17-20-16-13(18)7-11(9-19)8-14(16)21-17;1-10-4-3-5-11(2)15(10)20-9-14-13(8-17-19)16(21-18-14)12-6-7-12/h7-8,10,12,15H,3-6H2,1-2H3;3-5,12H,6-9H2,1-2H3. The average Bonchev–Trinajstić information content (AvgIpc) is 3.61. The smallest absolute Gasteiger partial charge is 0.151 e. The summed E-state index contributed by atoms with van der Waals surface area (Å²) in [6.45, 7) is 8.93. The number of rotatable bonds is 8. The molecule has 4 aromatic rings. The van der Waals surface area contributed by atoms with Gasteiger partial charge in [0.25, 0.3) is 0 Å². The molecule has 2 heterocycles. The number of ether oxygens (including phenoxy) is 1. The molecule has 0 radical (unpaired) electrons. The minimum absolute atomic E-state index is 0.0980. The van der Waals surface area contributed by atoms with Crippen LogP contribution in [-0.4, -0.2) is 10.1 Å². The van der Waals surface area contributed by atoms with E-state index in [4.69, 9.17) is 14.5 Å². The lowest BCUT2D eigenvalue weighted by Crippen LogP contribution is -2.24. The van der Waals surface area contributed by atoms with E-state index in [1.54, 1.807) is 17.4 Å². The molecule has 2 fully saturated rings. The van der Waals surface area contributed by atoms with Crippen LogP contribution in [0.15, 0.2) is 40.0 Å². The summed E-state index contributed by atoms with van der Waals surface area (Å²) in [5.74, 6) is 3.39. The summed E-state index contributed by atoms with van der Waals surface area (Å²) in [6, 6.07) is 11.1. The summed E-state index contributed by atoms with van der Waals surface area (Å²) in [4.78, 5) is 15.2. The van der Waals surface area contributed by atoms with Crippen LogP contribution < -0.4 is 4.74 Å². The van der Waals surface area contributed by atoms with Crippen LogP contribution in [0.3, 0.4) is 0 Å². The molecule has 3 unspecified atom stereocenters. The van der Waals surface area contributed by atoms with Gasteiger partial charge in [-0.05, 0) is 68.2 Å². The Morgan fingerprint density at radius 3 is 2.62 bits per heavy atom. The monoisotopic (exact) mass is 588 g/mol. The quantitative estimate of drug-likeness (QED) is 0.190. The third-order valence-corrected chi connectivity index (χ3v) is 9.70. The molecule has 0 spiro atoms. The number of nitroso groups, excluding NO2 is 1. The number of halogens is 1. The van der Waals surface area contributed by atoms with E-state index in [0.29, 0.717) is 47.1 Å². The number of benzene rings is 2. The molecular formula is C33H37FN4O3S. The van der Waals surface area contributed by atoms with Gasteiger partial charge >= 0.3 is 0 Å². The molecule has 2 aliphatic carbocycles. The summed E-state index contributed by atoms with van der Waals surface area (Å²) in [5.41, 5.74) is 4.45. The second-order valence-electron chi connectivity index (χ2n) is 11.6. The maximum Gasteiger partial charge on any atom is 0.151 e. The van der Waals surface area contributed by atoms with Crippen molar-refractivity contribution in [3.8, 4) is 11.8 Å². The molecule has 42 heavy (non-hydrogen) atoms. The molecule has 0 bridgehead atoms. The Bertz CT molecular complexity index is 1580. The van der Waals surface area contributed by atoms with Gasteiger partial charge in [-0.15, -0.1) is 11.3 Å². The van der Waals surface area contributed by atoms with Crippen LogP contribution >= 0.6 is 11.3 Å². The summed E-state index contributed by atoms with van der Waals surface area (Å²) < 4.78 is 26.2. The summed E-state index contributed by atoms with van der Waals surface area (Å²) in [5, 5.41) is 17.1. The predicted octanol–water partition coefficient (Wildman–Crippen LogP) is 9.25. The van der Waals surface area contributed by atoms with E-state index in [-0.39, 0.29) is 12.4 Å². The van der Waals surface area contributed by atoms with Crippen molar-refractivity contribution in [3.05, 3.63) is 79.8 Å². The van der Waals surface area contributed by atoms with Crippen molar-refractivity contribution >= 4 is 21.6 Å². The Hall–Kier alpha value is -3.64. The molecule has 0 amide bonds. The molecule has 0 N–H and O–H groups in total. The van der Waals surface area contributed by atoms with E-state index in [1.807, 2.05) is 38.1 Å². The molecule has 0 saturated heterocycles. The van der Waals surface area contributed by atoms with Gasteiger partial charge in [-0.3, -0.25) is 0 Å². The van der Waals surface area contributed by atoms with Gasteiger partial charge in [0.15, 0.2) is 5.82 Å². The van der Waals surface area contributed by atoms with Gasteiger partial charge in [-0.2, -0.15) is 10.2 Å².